The summed E-state index contributed by atoms with van der Waals surface area (Å²) >= 11 is 1.40. The second-order valence-electron chi connectivity index (χ2n) is 4.47. The first-order chi connectivity index (χ1) is 10.2. The third-order valence-corrected chi connectivity index (χ3v) is 3.73. The molecule has 104 valence electrons. The maximum Gasteiger partial charge on any atom is 0.172 e. The van der Waals surface area contributed by atoms with E-state index in [9.17, 15) is 0 Å². The van der Waals surface area contributed by atoms with Gasteiger partial charge >= 0.3 is 0 Å². The number of nitrogens with one attached hydrogen (secondary N) is 1. The number of benzene rings is 1. The van der Waals surface area contributed by atoms with E-state index >= 15 is 0 Å². The number of nitriles is 1. The van der Waals surface area contributed by atoms with Crippen LogP contribution in [0.2, 0.25) is 0 Å². The Bertz CT molecular complexity index is 850. The van der Waals surface area contributed by atoms with Crippen molar-refractivity contribution < 1.29 is 4.74 Å². The van der Waals surface area contributed by atoms with Crippen molar-refractivity contribution >= 4 is 22.8 Å². The van der Waals surface area contributed by atoms with E-state index in [0.717, 1.165) is 32.7 Å². The highest BCUT2D eigenvalue weighted by Crippen LogP contribution is 2.28. The summed E-state index contributed by atoms with van der Waals surface area (Å²) in [5.74, 6) is 0.781. The average Bonchev–Trinajstić information content (AvgIpc) is 2.87. The molecule has 6 heteroatoms. The molecule has 1 N–H and O–H groups in total. The highest BCUT2D eigenvalue weighted by Gasteiger charge is 2.08. The van der Waals surface area contributed by atoms with Crippen molar-refractivity contribution in [3.63, 3.8) is 0 Å². The summed E-state index contributed by atoms with van der Waals surface area (Å²) < 4.78 is 5.19. The maximum absolute atomic E-state index is 9.00. The smallest absolute Gasteiger partial charge is 0.172 e. The summed E-state index contributed by atoms with van der Waals surface area (Å²) in [6.07, 6.45) is 0. The molecule has 1 aromatic carbocycles. The topological polar surface area (TPSA) is 74.6 Å². The second-order valence-corrected chi connectivity index (χ2v) is 5.48. The van der Waals surface area contributed by atoms with Crippen LogP contribution in [0.15, 0.2) is 40.5 Å². The summed E-state index contributed by atoms with van der Waals surface area (Å²) in [5, 5.41) is 10.5. The van der Waals surface area contributed by atoms with Crippen LogP contribution in [0.3, 0.4) is 0 Å². The normalized spacial score (nSPS) is 10.5. The number of hydrogen-bond donors (Lipinski definition) is 1. The predicted octanol–water partition coefficient (Wildman–Crippen LogP) is 3.30. The number of aromatic amines is 1. The first-order valence-corrected chi connectivity index (χ1v) is 7.10. The fourth-order valence-corrected chi connectivity index (χ4v) is 2.87. The van der Waals surface area contributed by atoms with Gasteiger partial charge in [-0.2, -0.15) is 5.26 Å². The van der Waals surface area contributed by atoms with Gasteiger partial charge in [0.25, 0.3) is 0 Å². The molecule has 0 fully saturated rings. The lowest BCUT2D eigenvalue weighted by molar-refractivity contribution is 0.415. The molecule has 0 bridgehead atoms. The van der Waals surface area contributed by atoms with E-state index in [1.165, 1.54) is 11.8 Å². The number of H-pyrrole nitrogens is 1. The van der Waals surface area contributed by atoms with E-state index in [1.807, 2.05) is 25.1 Å². The number of ether oxygens (including phenoxy) is 1. The van der Waals surface area contributed by atoms with Crippen LogP contribution < -0.4 is 4.74 Å². The lowest BCUT2D eigenvalue weighted by Crippen LogP contribution is -1.88. The number of hydrogen-bond acceptors (Lipinski definition) is 5. The molecule has 3 aromatic rings. The van der Waals surface area contributed by atoms with Gasteiger partial charge in [0.05, 0.1) is 29.8 Å². The van der Waals surface area contributed by atoms with Crippen molar-refractivity contribution in [3.8, 4) is 11.8 Å². The van der Waals surface area contributed by atoms with Crippen molar-refractivity contribution in [2.75, 3.05) is 7.11 Å². The SMILES string of the molecule is COc1ccc2nc(Sc3cc(C#N)cc(C)n3)[nH]c2c1. The number of nitrogens with zero attached hydrogens (tertiary/aromatic N) is 3. The summed E-state index contributed by atoms with van der Waals surface area (Å²) in [4.78, 5) is 12.1. The number of pyridine rings is 1. The second kappa shape index (κ2) is 5.46. The van der Waals surface area contributed by atoms with Crippen LogP contribution in [0.25, 0.3) is 11.0 Å². The van der Waals surface area contributed by atoms with Crippen molar-refractivity contribution in [2.24, 2.45) is 0 Å². The van der Waals surface area contributed by atoms with E-state index in [0.29, 0.717) is 5.56 Å². The molecule has 0 amide bonds. The molecule has 0 aliphatic rings. The Hall–Kier alpha value is -2.52. The third kappa shape index (κ3) is 2.83. The van der Waals surface area contributed by atoms with Gasteiger partial charge in [0.2, 0.25) is 0 Å². The van der Waals surface area contributed by atoms with E-state index in [1.54, 1.807) is 19.2 Å². The molecule has 0 radical (unpaired) electrons. The number of aryl methyl sites for hydroxylation is 1. The number of fused-ring (bicyclic) bond motifs is 1. The van der Waals surface area contributed by atoms with Crippen molar-refractivity contribution in [1.29, 1.82) is 5.26 Å². The van der Waals surface area contributed by atoms with Crippen LogP contribution in [0.4, 0.5) is 0 Å². The standard InChI is InChI=1S/C15H12N4OS/c1-9-5-10(8-16)6-14(17-9)21-15-18-12-4-3-11(20-2)7-13(12)19-15/h3-7H,1-2H3,(H,18,19). The molecule has 21 heavy (non-hydrogen) atoms. The monoisotopic (exact) mass is 296 g/mol. The average molecular weight is 296 g/mol. The minimum atomic E-state index is 0.600. The van der Waals surface area contributed by atoms with Crippen molar-refractivity contribution in [1.82, 2.24) is 15.0 Å². The van der Waals surface area contributed by atoms with Gasteiger partial charge in [-0.15, -0.1) is 0 Å². The highest BCUT2D eigenvalue weighted by atomic mass is 32.2. The zero-order valence-corrected chi connectivity index (χ0v) is 12.4. The first-order valence-electron chi connectivity index (χ1n) is 6.28. The minimum Gasteiger partial charge on any atom is -0.497 e. The number of rotatable bonds is 3. The van der Waals surface area contributed by atoms with Crippen LogP contribution in [0.5, 0.6) is 5.75 Å². The van der Waals surface area contributed by atoms with Crippen LogP contribution >= 0.6 is 11.8 Å². The Balaban J connectivity index is 1.94. The Labute approximate surface area is 126 Å². The van der Waals surface area contributed by atoms with Gasteiger partial charge < -0.3 is 9.72 Å². The van der Waals surface area contributed by atoms with E-state index in [4.69, 9.17) is 10.00 Å². The van der Waals surface area contributed by atoms with Gasteiger partial charge in [0.1, 0.15) is 10.8 Å². The Morgan fingerprint density at radius 3 is 2.86 bits per heavy atom. The molecule has 0 spiro atoms. The lowest BCUT2D eigenvalue weighted by atomic mass is 10.2. The third-order valence-electron chi connectivity index (χ3n) is 2.93. The van der Waals surface area contributed by atoms with Gasteiger partial charge in [-0.1, -0.05) is 0 Å². The van der Waals surface area contributed by atoms with Gasteiger partial charge in [-0.25, -0.2) is 9.97 Å². The van der Waals surface area contributed by atoms with E-state index < -0.39 is 0 Å². The van der Waals surface area contributed by atoms with Gasteiger partial charge in [-0.05, 0) is 43.0 Å². The molecule has 2 heterocycles. The summed E-state index contributed by atoms with van der Waals surface area (Å²) in [5.41, 5.74) is 3.19. The first kappa shape index (κ1) is 13.5. The summed E-state index contributed by atoms with van der Waals surface area (Å²) in [6.45, 7) is 1.87. The molecule has 0 atom stereocenters. The fourth-order valence-electron chi connectivity index (χ4n) is 1.99. The van der Waals surface area contributed by atoms with Crippen molar-refractivity contribution in [3.05, 3.63) is 41.6 Å². The van der Waals surface area contributed by atoms with Crippen LogP contribution in [0.1, 0.15) is 11.3 Å². The van der Waals surface area contributed by atoms with Crippen LogP contribution in [0, 0.1) is 18.3 Å². The largest absolute Gasteiger partial charge is 0.497 e. The zero-order chi connectivity index (χ0) is 14.8. The Morgan fingerprint density at radius 2 is 2.10 bits per heavy atom. The quantitative estimate of drug-likeness (QED) is 0.802. The molecular weight excluding hydrogens is 284 g/mol. The van der Waals surface area contributed by atoms with Crippen molar-refractivity contribution in [2.45, 2.75) is 17.1 Å². The van der Waals surface area contributed by atoms with Gasteiger partial charge in [-0.3, -0.25) is 0 Å². The van der Waals surface area contributed by atoms with Gasteiger partial charge in [0, 0.05) is 11.8 Å². The molecule has 3 rings (SSSR count). The molecular formula is C15H12N4OS. The molecule has 0 saturated heterocycles. The maximum atomic E-state index is 9.00. The molecule has 0 aliphatic carbocycles. The Morgan fingerprint density at radius 1 is 1.24 bits per heavy atom. The van der Waals surface area contributed by atoms with Crippen LogP contribution in [-0.2, 0) is 0 Å². The summed E-state index contributed by atoms with van der Waals surface area (Å²) in [7, 11) is 1.63. The minimum absolute atomic E-state index is 0.600. The molecule has 0 unspecified atom stereocenters. The van der Waals surface area contributed by atoms with Crippen LogP contribution in [-0.4, -0.2) is 22.1 Å². The lowest BCUT2D eigenvalue weighted by Gasteiger charge is -1.99. The molecule has 5 nitrogen and oxygen atoms in total. The van der Waals surface area contributed by atoms with E-state index in [2.05, 4.69) is 21.0 Å². The molecule has 2 aromatic heterocycles. The molecule has 0 saturated carbocycles. The molecule has 0 aliphatic heterocycles. The Kier molecular flexibility index (Phi) is 3.50. The fraction of sp³-hybridized carbons (Fsp3) is 0.133. The van der Waals surface area contributed by atoms with E-state index in [-0.39, 0.29) is 0 Å². The highest BCUT2D eigenvalue weighted by molar-refractivity contribution is 7.99. The number of imidazole rings is 1. The predicted molar refractivity (Wildman–Crippen MR) is 80.5 cm³/mol. The zero-order valence-electron chi connectivity index (χ0n) is 11.5. The number of aromatic nitrogens is 3. The van der Waals surface area contributed by atoms with Gasteiger partial charge in [0.15, 0.2) is 5.16 Å². The summed E-state index contributed by atoms with van der Waals surface area (Å²) in [6, 6.07) is 11.3. The number of methoxy groups -OCH3 is 1.